The van der Waals surface area contributed by atoms with E-state index in [0.717, 1.165) is 5.92 Å². The van der Waals surface area contributed by atoms with Crippen LogP contribution in [0.25, 0.3) is 0 Å². The predicted molar refractivity (Wildman–Crippen MR) is 75.1 cm³/mol. The molecule has 3 nitrogen and oxygen atoms in total. The molecule has 0 bridgehead atoms. The molecule has 18 heavy (non-hydrogen) atoms. The predicted octanol–water partition coefficient (Wildman–Crippen LogP) is 2.99. The van der Waals surface area contributed by atoms with Crippen LogP contribution in [0.4, 0.5) is 0 Å². The minimum atomic E-state index is 0.00414. The van der Waals surface area contributed by atoms with Gasteiger partial charge in [-0.25, -0.2) is 0 Å². The zero-order valence-electron chi connectivity index (χ0n) is 12.1. The Kier molecular flexibility index (Phi) is 5.05. The van der Waals surface area contributed by atoms with Crippen molar-refractivity contribution in [2.75, 3.05) is 7.11 Å². The van der Waals surface area contributed by atoms with Crippen LogP contribution in [-0.4, -0.2) is 18.8 Å². The van der Waals surface area contributed by atoms with Crippen molar-refractivity contribution in [3.63, 3.8) is 0 Å². The largest absolute Gasteiger partial charge is 0.377 e. The van der Waals surface area contributed by atoms with Gasteiger partial charge in [0.1, 0.15) is 0 Å². The van der Waals surface area contributed by atoms with Gasteiger partial charge in [0.2, 0.25) is 0 Å². The monoisotopic (exact) mass is 254 g/mol. The van der Waals surface area contributed by atoms with E-state index in [0.29, 0.717) is 12.0 Å². The van der Waals surface area contributed by atoms with Crippen molar-refractivity contribution in [3.8, 4) is 0 Å². The number of hydrazine groups is 1. The quantitative estimate of drug-likeness (QED) is 0.585. The van der Waals surface area contributed by atoms with E-state index in [1.54, 1.807) is 0 Å². The van der Waals surface area contributed by atoms with Gasteiger partial charge in [-0.2, -0.15) is 0 Å². The molecular formula is C15H30N2O. The van der Waals surface area contributed by atoms with E-state index in [9.17, 15) is 0 Å². The molecule has 0 aromatic rings. The Labute approximate surface area is 112 Å². The van der Waals surface area contributed by atoms with Crippen molar-refractivity contribution in [3.05, 3.63) is 0 Å². The molecule has 0 aromatic carbocycles. The second-order valence-electron chi connectivity index (χ2n) is 6.24. The van der Waals surface area contributed by atoms with E-state index in [1.807, 2.05) is 7.11 Å². The minimum absolute atomic E-state index is 0.00414. The highest BCUT2D eigenvalue weighted by atomic mass is 16.5. The summed E-state index contributed by atoms with van der Waals surface area (Å²) in [5.41, 5.74) is 3.15. The zero-order chi connectivity index (χ0) is 13.0. The van der Waals surface area contributed by atoms with Crippen LogP contribution in [0.2, 0.25) is 0 Å². The van der Waals surface area contributed by atoms with Crippen LogP contribution in [0, 0.1) is 11.8 Å². The van der Waals surface area contributed by atoms with Crippen LogP contribution in [0.1, 0.15) is 64.7 Å². The van der Waals surface area contributed by atoms with Gasteiger partial charge in [-0.15, -0.1) is 0 Å². The maximum atomic E-state index is 5.96. The molecule has 0 aromatic heterocycles. The Balaban J connectivity index is 2.15. The van der Waals surface area contributed by atoms with Crippen LogP contribution in [0.5, 0.6) is 0 Å². The van der Waals surface area contributed by atoms with Crippen LogP contribution in [0.3, 0.4) is 0 Å². The Hall–Kier alpha value is -0.120. The fourth-order valence-electron chi connectivity index (χ4n) is 4.46. The molecule has 3 atom stereocenters. The average molecular weight is 254 g/mol. The molecule has 3 unspecified atom stereocenters. The molecule has 0 saturated heterocycles. The lowest BCUT2D eigenvalue weighted by molar-refractivity contribution is -0.0654. The molecule has 2 saturated carbocycles. The Morgan fingerprint density at radius 2 is 1.89 bits per heavy atom. The van der Waals surface area contributed by atoms with Crippen molar-refractivity contribution >= 4 is 0 Å². The van der Waals surface area contributed by atoms with Crippen molar-refractivity contribution in [2.45, 2.75) is 76.4 Å². The van der Waals surface area contributed by atoms with Crippen LogP contribution >= 0.6 is 0 Å². The van der Waals surface area contributed by atoms with E-state index in [-0.39, 0.29) is 5.60 Å². The molecule has 2 aliphatic rings. The lowest BCUT2D eigenvalue weighted by atomic mass is 9.69. The molecule has 3 N–H and O–H groups in total. The molecule has 0 spiro atoms. The van der Waals surface area contributed by atoms with Crippen molar-refractivity contribution in [1.82, 2.24) is 5.43 Å². The first-order valence-corrected chi connectivity index (χ1v) is 7.78. The van der Waals surface area contributed by atoms with E-state index in [1.165, 1.54) is 57.8 Å². The molecule has 2 rings (SSSR count). The van der Waals surface area contributed by atoms with Crippen LogP contribution < -0.4 is 11.3 Å². The van der Waals surface area contributed by atoms with Crippen molar-refractivity contribution in [2.24, 2.45) is 17.7 Å². The van der Waals surface area contributed by atoms with Gasteiger partial charge in [0.05, 0.1) is 11.6 Å². The van der Waals surface area contributed by atoms with Gasteiger partial charge in [-0.3, -0.25) is 11.3 Å². The normalized spacial score (nSPS) is 33.5. The maximum Gasteiger partial charge on any atom is 0.0847 e. The third-order valence-electron chi connectivity index (χ3n) is 5.52. The Bertz CT molecular complexity index is 251. The summed E-state index contributed by atoms with van der Waals surface area (Å²) < 4.78 is 5.96. The summed E-state index contributed by atoms with van der Waals surface area (Å²) in [5, 5.41) is 0. The van der Waals surface area contributed by atoms with Gasteiger partial charge in [0, 0.05) is 7.11 Å². The number of nitrogens with one attached hydrogen (secondary N) is 1. The molecule has 2 aliphatic carbocycles. The smallest absolute Gasteiger partial charge is 0.0847 e. The standard InChI is InChI=1S/C15H30N2O/c1-3-12-8-4-5-9-13(12)14(17-16)15(18-2)10-6-7-11-15/h12-14,17H,3-11,16H2,1-2H3. The van der Waals surface area contributed by atoms with Crippen LogP contribution in [0.15, 0.2) is 0 Å². The lowest BCUT2D eigenvalue weighted by Crippen LogP contribution is -2.58. The average Bonchev–Trinajstić information content (AvgIpc) is 2.90. The Morgan fingerprint density at radius 1 is 1.22 bits per heavy atom. The van der Waals surface area contributed by atoms with Gasteiger partial charge in [-0.1, -0.05) is 45.4 Å². The Morgan fingerprint density at radius 3 is 2.44 bits per heavy atom. The second kappa shape index (κ2) is 6.36. The highest BCUT2D eigenvalue weighted by Gasteiger charge is 2.46. The summed E-state index contributed by atoms with van der Waals surface area (Å²) in [6.07, 6.45) is 11.6. The number of methoxy groups -OCH3 is 1. The van der Waals surface area contributed by atoms with Crippen LogP contribution in [-0.2, 0) is 4.74 Å². The number of ether oxygens (including phenoxy) is 1. The lowest BCUT2D eigenvalue weighted by Gasteiger charge is -2.45. The molecule has 0 aliphatic heterocycles. The summed E-state index contributed by atoms with van der Waals surface area (Å²) in [4.78, 5) is 0. The molecule has 106 valence electrons. The molecule has 3 heteroatoms. The number of nitrogens with two attached hydrogens (primary N) is 1. The molecule has 0 heterocycles. The van der Waals surface area contributed by atoms with Crippen molar-refractivity contribution < 1.29 is 4.74 Å². The van der Waals surface area contributed by atoms with E-state index < -0.39 is 0 Å². The third-order valence-corrected chi connectivity index (χ3v) is 5.52. The summed E-state index contributed by atoms with van der Waals surface area (Å²) in [7, 11) is 1.87. The molecule has 0 amide bonds. The second-order valence-corrected chi connectivity index (χ2v) is 6.24. The SMILES string of the molecule is CCC1CCCCC1C(NN)C1(OC)CCCC1. The van der Waals surface area contributed by atoms with Gasteiger partial charge in [0.15, 0.2) is 0 Å². The van der Waals surface area contributed by atoms with Crippen molar-refractivity contribution in [1.29, 1.82) is 0 Å². The number of rotatable bonds is 5. The first kappa shape index (κ1) is 14.3. The van der Waals surface area contributed by atoms with E-state index in [4.69, 9.17) is 10.6 Å². The highest BCUT2D eigenvalue weighted by molar-refractivity contribution is 5.01. The molecule has 0 radical (unpaired) electrons. The number of hydrogen-bond donors (Lipinski definition) is 2. The van der Waals surface area contributed by atoms with E-state index >= 15 is 0 Å². The fourth-order valence-corrected chi connectivity index (χ4v) is 4.46. The fraction of sp³-hybridized carbons (Fsp3) is 1.00. The molecular weight excluding hydrogens is 224 g/mol. The first-order chi connectivity index (χ1) is 8.77. The number of hydrogen-bond acceptors (Lipinski definition) is 3. The maximum absolute atomic E-state index is 5.96. The summed E-state index contributed by atoms with van der Waals surface area (Å²) >= 11 is 0. The zero-order valence-corrected chi connectivity index (χ0v) is 12.1. The summed E-state index contributed by atoms with van der Waals surface area (Å²) in [6.45, 7) is 2.32. The van der Waals surface area contributed by atoms with Gasteiger partial charge in [-0.05, 0) is 31.1 Å². The van der Waals surface area contributed by atoms with Gasteiger partial charge >= 0.3 is 0 Å². The third kappa shape index (κ3) is 2.59. The first-order valence-electron chi connectivity index (χ1n) is 7.78. The van der Waals surface area contributed by atoms with Gasteiger partial charge in [0.25, 0.3) is 0 Å². The minimum Gasteiger partial charge on any atom is -0.377 e. The molecule has 2 fully saturated rings. The summed E-state index contributed by atoms with van der Waals surface area (Å²) in [6, 6.07) is 0.343. The van der Waals surface area contributed by atoms with Gasteiger partial charge < -0.3 is 4.74 Å². The topological polar surface area (TPSA) is 47.3 Å². The highest BCUT2D eigenvalue weighted by Crippen LogP contribution is 2.44. The van der Waals surface area contributed by atoms with E-state index in [2.05, 4.69) is 12.3 Å². The summed E-state index contributed by atoms with van der Waals surface area (Å²) in [5.74, 6) is 7.46.